The predicted octanol–water partition coefficient (Wildman–Crippen LogP) is 6.77. The fourth-order valence-corrected chi connectivity index (χ4v) is 8.65. The standard InChI is InChI=1S/C48H49NO4.BrH/c1-3-5-31-49(32-6-4-2)33-39-41(47(52,35-19-11-7-12-20-35)36-21-13-8-14-22-36)27-29-43(50)45(39)46-40(34-49)42(28-30-44(46)51)48(53,37-23-15-9-16-24-37)38-25-17-10-18-26-38;/h7-30,52-53H,3-6,31-34H2,1-2H3,(H-,50,51);1H. The van der Waals surface area contributed by atoms with Gasteiger partial charge in [0.15, 0.2) is 0 Å². The Morgan fingerprint density at radius 2 is 0.759 bits per heavy atom. The first-order chi connectivity index (χ1) is 25.8. The molecule has 54 heavy (non-hydrogen) atoms. The van der Waals surface area contributed by atoms with Crippen molar-refractivity contribution in [2.24, 2.45) is 0 Å². The van der Waals surface area contributed by atoms with Gasteiger partial charge in [-0.05, 0) is 47.2 Å². The number of benzene rings is 6. The molecule has 0 saturated heterocycles. The number of hydrogen-bond acceptors (Lipinski definition) is 4. The first-order valence-corrected chi connectivity index (χ1v) is 19.0. The first-order valence-electron chi connectivity index (χ1n) is 19.0. The number of quaternary nitrogens is 1. The maximum absolute atomic E-state index is 13.3. The molecule has 0 bridgehead atoms. The molecule has 0 spiro atoms. The zero-order valence-corrected chi connectivity index (χ0v) is 32.7. The number of phenols is 2. The van der Waals surface area contributed by atoms with Crippen molar-refractivity contribution in [2.45, 2.75) is 63.8 Å². The van der Waals surface area contributed by atoms with E-state index in [2.05, 4.69) is 13.8 Å². The summed E-state index contributed by atoms with van der Waals surface area (Å²) < 4.78 is 0.633. The molecular formula is C48H50BrNO4. The maximum atomic E-state index is 13.3. The summed E-state index contributed by atoms with van der Waals surface area (Å²) in [4.78, 5) is 0. The maximum Gasteiger partial charge on any atom is 0.141 e. The van der Waals surface area contributed by atoms with Gasteiger partial charge in [0.1, 0.15) is 35.8 Å². The lowest BCUT2D eigenvalue weighted by molar-refractivity contribution is -0.953. The largest absolute Gasteiger partial charge is 1.00 e. The Morgan fingerprint density at radius 1 is 0.463 bits per heavy atom. The Hall–Kier alpha value is -4.72. The predicted molar refractivity (Wildman–Crippen MR) is 212 cm³/mol. The van der Waals surface area contributed by atoms with E-state index in [0.717, 1.165) is 49.9 Å². The lowest BCUT2D eigenvalue weighted by Crippen LogP contribution is -3.00. The summed E-state index contributed by atoms with van der Waals surface area (Å²) in [6.45, 7) is 7.15. The molecule has 6 aromatic rings. The molecule has 5 nitrogen and oxygen atoms in total. The molecule has 4 N–H and O–H groups in total. The van der Waals surface area contributed by atoms with Crippen LogP contribution in [-0.2, 0) is 24.3 Å². The summed E-state index contributed by atoms with van der Waals surface area (Å²) in [5.74, 6) is 0.0461. The van der Waals surface area contributed by atoms with Crippen LogP contribution in [-0.4, -0.2) is 38.0 Å². The van der Waals surface area contributed by atoms with E-state index in [1.165, 1.54) is 0 Å². The number of halogens is 1. The topological polar surface area (TPSA) is 80.9 Å². The molecule has 0 saturated carbocycles. The van der Waals surface area contributed by atoms with Gasteiger partial charge < -0.3 is 41.9 Å². The van der Waals surface area contributed by atoms with Gasteiger partial charge in [-0.15, -0.1) is 0 Å². The number of fused-ring (bicyclic) bond motifs is 3. The van der Waals surface area contributed by atoms with E-state index in [4.69, 9.17) is 0 Å². The summed E-state index contributed by atoms with van der Waals surface area (Å²) in [6.07, 6.45) is 3.95. The van der Waals surface area contributed by atoms with Gasteiger partial charge in [-0.3, -0.25) is 0 Å². The van der Waals surface area contributed by atoms with Gasteiger partial charge in [-0.2, -0.15) is 0 Å². The minimum absolute atomic E-state index is 0. The second kappa shape index (κ2) is 16.3. The molecule has 278 valence electrons. The molecular weight excluding hydrogens is 734 g/mol. The molecule has 1 aliphatic heterocycles. The third kappa shape index (κ3) is 6.88. The van der Waals surface area contributed by atoms with Crippen LogP contribution in [0.5, 0.6) is 11.5 Å². The molecule has 0 atom stereocenters. The van der Waals surface area contributed by atoms with Crippen molar-refractivity contribution in [3.8, 4) is 22.6 Å². The number of hydrogen-bond donors (Lipinski definition) is 4. The molecule has 7 rings (SSSR count). The number of phenolic OH excluding ortho intramolecular Hbond substituents is 2. The Bertz CT molecular complexity index is 1920. The van der Waals surface area contributed by atoms with Gasteiger partial charge >= 0.3 is 0 Å². The second-order valence-electron chi connectivity index (χ2n) is 14.7. The summed E-state index contributed by atoms with van der Waals surface area (Å²) >= 11 is 0. The lowest BCUT2D eigenvalue weighted by Gasteiger charge is -2.41. The third-order valence-corrected chi connectivity index (χ3v) is 11.3. The molecule has 1 aliphatic rings. The highest BCUT2D eigenvalue weighted by Gasteiger charge is 2.45. The van der Waals surface area contributed by atoms with E-state index in [1.54, 1.807) is 12.1 Å². The van der Waals surface area contributed by atoms with Crippen molar-refractivity contribution < 1.29 is 41.9 Å². The highest BCUT2D eigenvalue weighted by molar-refractivity contribution is 5.84. The molecule has 6 heteroatoms. The summed E-state index contributed by atoms with van der Waals surface area (Å²) in [7, 11) is 0. The molecule has 0 unspecified atom stereocenters. The molecule has 0 radical (unpaired) electrons. The van der Waals surface area contributed by atoms with Crippen molar-refractivity contribution in [3.05, 3.63) is 190 Å². The average molecular weight is 785 g/mol. The van der Waals surface area contributed by atoms with Gasteiger partial charge in [0.2, 0.25) is 0 Å². The van der Waals surface area contributed by atoms with Crippen molar-refractivity contribution in [1.29, 1.82) is 0 Å². The normalized spacial score (nSPS) is 13.6. The number of aliphatic hydroxyl groups is 2. The summed E-state index contributed by atoms with van der Waals surface area (Å²) in [5, 5.41) is 50.7. The van der Waals surface area contributed by atoms with Crippen LogP contribution in [0.3, 0.4) is 0 Å². The minimum Gasteiger partial charge on any atom is -1.00 e. The SMILES string of the molecule is CCCC[N+]1(CCCC)Cc2c(C(O)(c3ccccc3)c3ccccc3)ccc(O)c2-c2c(O)ccc(C(O)(c3ccccc3)c3ccccc3)c2C1.[Br-]. The Morgan fingerprint density at radius 3 is 1.04 bits per heavy atom. The van der Waals surface area contributed by atoms with Crippen LogP contribution >= 0.6 is 0 Å². The van der Waals surface area contributed by atoms with Gasteiger partial charge in [0, 0.05) is 33.4 Å². The van der Waals surface area contributed by atoms with Gasteiger partial charge in [-0.25, -0.2) is 0 Å². The van der Waals surface area contributed by atoms with Crippen LogP contribution in [0.4, 0.5) is 0 Å². The zero-order valence-electron chi connectivity index (χ0n) is 31.1. The molecule has 0 aromatic heterocycles. The molecule has 0 aliphatic carbocycles. The van der Waals surface area contributed by atoms with Crippen molar-refractivity contribution in [2.75, 3.05) is 13.1 Å². The summed E-state index contributed by atoms with van der Waals surface area (Å²) in [6, 6.07) is 45.9. The Balaban J connectivity index is 0.00000497. The van der Waals surface area contributed by atoms with E-state index in [0.29, 0.717) is 62.1 Å². The second-order valence-corrected chi connectivity index (χ2v) is 14.7. The number of aromatic hydroxyl groups is 2. The van der Waals surface area contributed by atoms with E-state index in [-0.39, 0.29) is 28.5 Å². The number of rotatable bonds is 12. The molecule has 0 amide bonds. The first kappa shape index (κ1) is 39.0. The van der Waals surface area contributed by atoms with Crippen LogP contribution in [0.2, 0.25) is 0 Å². The van der Waals surface area contributed by atoms with Crippen LogP contribution in [0.1, 0.15) is 84.0 Å². The van der Waals surface area contributed by atoms with E-state index in [1.807, 2.05) is 133 Å². The smallest absolute Gasteiger partial charge is 0.141 e. The fourth-order valence-electron chi connectivity index (χ4n) is 8.65. The quantitative estimate of drug-likeness (QED) is 0.0817. The van der Waals surface area contributed by atoms with Gasteiger partial charge in [0.05, 0.1) is 13.1 Å². The fraction of sp³-hybridized carbons (Fsp3) is 0.250. The number of nitrogens with zero attached hydrogens (tertiary/aromatic N) is 1. The van der Waals surface area contributed by atoms with Crippen molar-refractivity contribution >= 4 is 0 Å². The molecule has 1 heterocycles. The summed E-state index contributed by atoms with van der Waals surface area (Å²) in [5.41, 5.74) is 3.62. The highest BCUT2D eigenvalue weighted by atomic mass is 79.9. The van der Waals surface area contributed by atoms with Crippen molar-refractivity contribution in [1.82, 2.24) is 0 Å². The highest BCUT2D eigenvalue weighted by Crippen LogP contribution is 2.53. The van der Waals surface area contributed by atoms with Gasteiger partial charge in [-0.1, -0.05) is 160 Å². The molecule has 6 aromatic carbocycles. The molecule has 0 fully saturated rings. The van der Waals surface area contributed by atoms with Crippen LogP contribution in [0.15, 0.2) is 146 Å². The van der Waals surface area contributed by atoms with E-state index >= 15 is 0 Å². The van der Waals surface area contributed by atoms with Gasteiger partial charge in [0.25, 0.3) is 0 Å². The van der Waals surface area contributed by atoms with E-state index < -0.39 is 11.2 Å². The number of unbranched alkanes of at least 4 members (excludes halogenated alkanes) is 2. The lowest BCUT2D eigenvalue weighted by atomic mass is 9.75. The Labute approximate surface area is 330 Å². The minimum atomic E-state index is -1.57. The monoisotopic (exact) mass is 783 g/mol. The zero-order chi connectivity index (χ0) is 37.1. The van der Waals surface area contributed by atoms with Crippen LogP contribution < -0.4 is 17.0 Å². The average Bonchev–Trinajstić information content (AvgIpc) is 3.36. The van der Waals surface area contributed by atoms with Crippen LogP contribution in [0, 0.1) is 0 Å². The Kier molecular flexibility index (Phi) is 11.8. The van der Waals surface area contributed by atoms with Crippen molar-refractivity contribution in [3.63, 3.8) is 0 Å². The third-order valence-electron chi connectivity index (χ3n) is 11.3. The van der Waals surface area contributed by atoms with E-state index in [9.17, 15) is 20.4 Å². The van der Waals surface area contributed by atoms with Crippen LogP contribution in [0.25, 0.3) is 11.1 Å².